The van der Waals surface area contributed by atoms with E-state index in [0.29, 0.717) is 23.0 Å². The number of aryl methyl sites for hydroxylation is 4. The summed E-state index contributed by atoms with van der Waals surface area (Å²) in [7, 11) is 4.11. The number of hydrogen-bond acceptors (Lipinski definition) is 6. The van der Waals surface area contributed by atoms with E-state index in [1.165, 1.54) is 16.7 Å². The lowest BCUT2D eigenvalue weighted by Gasteiger charge is -2.32. The Morgan fingerprint density at radius 3 is 2.37 bits per heavy atom. The molecule has 220 valence electrons. The highest BCUT2D eigenvalue weighted by atomic mass is 16.5. The largest absolute Gasteiger partial charge is 0.437 e. The van der Waals surface area contributed by atoms with Crippen molar-refractivity contribution in [3.05, 3.63) is 101 Å². The molecule has 8 nitrogen and oxygen atoms in total. The maximum atomic E-state index is 13.4. The van der Waals surface area contributed by atoms with Gasteiger partial charge in [0.15, 0.2) is 5.82 Å². The number of aromatic nitrogens is 3. The van der Waals surface area contributed by atoms with Gasteiger partial charge in [-0.2, -0.15) is 4.98 Å². The first kappa shape index (κ1) is 28.6. The first-order chi connectivity index (χ1) is 20.7. The van der Waals surface area contributed by atoms with E-state index in [1.54, 1.807) is 6.07 Å². The van der Waals surface area contributed by atoms with Gasteiger partial charge in [0, 0.05) is 62.8 Å². The van der Waals surface area contributed by atoms with E-state index in [0.717, 1.165) is 60.6 Å². The molecule has 1 aliphatic rings. The molecule has 3 heterocycles. The first-order valence-electron chi connectivity index (χ1n) is 14.7. The molecule has 1 amide bonds. The van der Waals surface area contributed by atoms with Crippen LogP contribution in [0.2, 0.25) is 0 Å². The summed E-state index contributed by atoms with van der Waals surface area (Å²) in [5.74, 6) is 1.41. The third kappa shape index (κ3) is 6.30. The first-order valence-corrected chi connectivity index (χ1v) is 14.7. The van der Waals surface area contributed by atoms with Gasteiger partial charge in [-0.25, -0.2) is 4.98 Å². The third-order valence-electron chi connectivity index (χ3n) is 8.24. The van der Waals surface area contributed by atoms with Gasteiger partial charge in [-0.05, 0) is 74.8 Å². The Balaban J connectivity index is 1.22. The standard InChI is InChI=1S/C35H38N6O2/c1-23-6-9-26(10-7-23)33-37-30-14-15-40(5)32(30)35(38-33)43-31-21-27(11-8-24(31)2)34(42)36-29-13-12-28(25(3)20-29)22-41-18-16-39(4)17-19-41/h6-15,20-21H,16-19,22H2,1-5H3,(H,36,42). The third-order valence-corrected chi connectivity index (χ3v) is 8.24. The molecular weight excluding hydrogens is 536 g/mol. The molecule has 0 radical (unpaired) electrons. The van der Waals surface area contributed by atoms with E-state index >= 15 is 0 Å². The Bertz CT molecular complexity index is 1780. The maximum Gasteiger partial charge on any atom is 0.255 e. The van der Waals surface area contributed by atoms with Crippen molar-refractivity contribution in [3.8, 4) is 23.0 Å². The van der Waals surface area contributed by atoms with Gasteiger partial charge in [0.05, 0.1) is 5.52 Å². The predicted octanol–water partition coefficient (Wildman–Crippen LogP) is 6.35. The molecule has 6 rings (SSSR count). The number of rotatable bonds is 7. The van der Waals surface area contributed by atoms with Crippen LogP contribution in [0, 0.1) is 20.8 Å². The van der Waals surface area contributed by atoms with Crippen LogP contribution in [0.4, 0.5) is 5.69 Å². The van der Waals surface area contributed by atoms with Crippen molar-refractivity contribution in [2.24, 2.45) is 7.05 Å². The van der Waals surface area contributed by atoms with Gasteiger partial charge in [0.2, 0.25) is 5.88 Å². The van der Waals surface area contributed by atoms with Gasteiger partial charge in [0.25, 0.3) is 5.91 Å². The SMILES string of the molecule is Cc1ccc(-c2nc(Oc3cc(C(=O)Nc4ccc(CN5CCN(C)CC5)c(C)c4)ccc3C)c3c(ccn3C)n2)cc1. The number of hydrogen-bond donors (Lipinski definition) is 1. The highest BCUT2D eigenvalue weighted by molar-refractivity contribution is 6.04. The Kier molecular flexibility index (Phi) is 7.97. The van der Waals surface area contributed by atoms with Crippen molar-refractivity contribution in [2.75, 3.05) is 38.5 Å². The van der Waals surface area contributed by atoms with E-state index < -0.39 is 0 Å². The highest BCUT2D eigenvalue weighted by Crippen LogP contribution is 2.33. The summed E-state index contributed by atoms with van der Waals surface area (Å²) >= 11 is 0. The maximum absolute atomic E-state index is 13.4. The average Bonchev–Trinajstić information content (AvgIpc) is 3.37. The molecule has 1 fully saturated rings. The zero-order valence-electron chi connectivity index (χ0n) is 25.5. The molecule has 1 aliphatic heterocycles. The van der Waals surface area contributed by atoms with Gasteiger partial charge in [-0.1, -0.05) is 42.0 Å². The fraction of sp³-hybridized carbons (Fsp3) is 0.286. The minimum absolute atomic E-state index is 0.192. The van der Waals surface area contributed by atoms with E-state index in [-0.39, 0.29) is 5.91 Å². The average molecular weight is 575 g/mol. The number of anilines is 1. The number of ether oxygens (including phenoxy) is 1. The fourth-order valence-corrected chi connectivity index (χ4v) is 5.41. The predicted molar refractivity (Wildman–Crippen MR) is 172 cm³/mol. The van der Waals surface area contributed by atoms with Crippen molar-refractivity contribution in [2.45, 2.75) is 27.3 Å². The monoisotopic (exact) mass is 574 g/mol. The molecule has 0 spiro atoms. The minimum Gasteiger partial charge on any atom is -0.437 e. The topological polar surface area (TPSA) is 75.5 Å². The highest BCUT2D eigenvalue weighted by Gasteiger charge is 2.18. The number of nitrogens with zero attached hydrogens (tertiary/aromatic N) is 5. The van der Waals surface area contributed by atoms with E-state index in [1.807, 2.05) is 73.3 Å². The zero-order chi connectivity index (χ0) is 30.1. The number of amides is 1. The lowest BCUT2D eigenvalue weighted by molar-refractivity contribution is 0.102. The van der Waals surface area contributed by atoms with Crippen LogP contribution in [-0.4, -0.2) is 63.5 Å². The van der Waals surface area contributed by atoms with Gasteiger partial charge >= 0.3 is 0 Å². The molecule has 0 aliphatic carbocycles. The summed E-state index contributed by atoms with van der Waals surface area (Å²) < 4.78 is 8.39. The number of carbonyl (C=O) groups excluding carboxylic acids is 1. The number of benzene rings is 3. The van der Waals surface area contributed by atoms with Crippen molar-refractivity contribution in [1.29, 1.82) is 0 Å². The van der Waals surface area contributed by atoms with Crippen LogP contribution in [0.25, 0.3) is 22.4 Å². The molecule has 8 heteroatoms. The van der Waals surface area contributed by atoms with Crippen LogP contribution in [0.15, 0.2) is 72.9 Å². The van der Waals surface area contributed by atoms with Crippen LogP contribution in [0.3, 0.4) is 0 Å². The quantitative estimate of drug-likeness (QED) is 0.244. The second-order valence-corrected chi connectivity index (χ2v) is 11.6. The Morgan fingerprint density at radius 1 is 0.860 bits per heavy atom. The molecular formula is C35H38N6O2. The number of carbonyl (C=O) groups is 1. The summed E-state index contributed by atoms with van der Waals surface area (Å²) in [4.78, 5) is 27.8. The molecule has 2 aromatic heterocycles. The summed E-state index contributed by atoms with van der Waals surface area (Å²) in [6.45, 7) is 11.4. The molecule has 1 saturated heterocycles. The second kappa shape index (κ2) is 12.0. The summed E-state index contributed by atoms with van der Waals surface area (Å²) in [5.41, 5.74) is 8.31. The molecule has 5 aromatic rings. The molecule has 0 atom stereocenters. The number of nitrogens with one attached hydrogen (secondary N) is 1. The molecule has 0 saturated carbocycles. The van der Waals surface area contributed by atoms with E-state index in [9.17, 15) is 4.79 Å². The van der Waals surface area contributed by atoms with Gasteiger partial charge in [0.1, 0.15) is 11.3 Å². The zero-order valence-corrected chi connectivity index (χ0v) is 25.5. The van der Waals surface area contributed by atoms with Crippen LogP contribution in [-0.2, 0) is 13.6 Å². The van der Waals surface area contributed by atoms with Crippen molar-refractivity contribution in [1.82, 2.24) is 24.3 Å². The Labute approximate surface area is 252 Å². The lowest BCUT2D eigenvalue weighted by Crippen LogP contribution is -2.43. The fourth-order valence-electron chi connectivity index (χ4n) is 5.41. The second-order valence-electron chi connectivity index (χ2n) is 11.6. The van der Waals surface area contributed by atoms with Crippen molar-refractivity contribution < 1.29 is 9.53 Å². The number of likely N-dealkylation sites (N-methyl/N-ethyl adjacent to an activating group) is 1. The van der Waals surface area contributed by atoms with Crippen molar-refractivity contribution >= 4 is 22.6 Å². The molecule has 3 aromatic carbocycles. The number of piperazine rings is 1. The summed E-state index contributed by atoms with van der Waals surface area (Å²) in [6.07, 6.45) is 1.94. The normalized spacial score (nSPS) is 14.3. The minimum atomic E-state index is -0.192. The van der Waals surface area contributed by atoms with Crippen molar-refractivity contribution in [3.63, 3.8) is 0 Å². The summed E-state index contributed by atoms with van der Waals surface area (Å²) in [6, 6.07) is 21.7. The van der Waals surface area contributed by atoms with E-state index in [4.69, 9.17) is 14.7 Å². The summed E-state index contributed by atoms with van der Waals surface area (Å²) in [5, 5.41) is 3.07. The number of fused-ring (bicyclic) bond motifs is 1. The smallest absolute Gasteiger partial charge is 0.255 e. The van der Waals surface area contributed by atoms with Gasteiger partial charge in [-0.15, -0.1) is 0 Å². The Morgan fingerprint density at radius 2 is 1.63 bits per heavy atom. The van der Waals surface area contributed by atoms with Gasteiger partial charge < -0.3 is 19.5 Å². The van der Waals surface area contributed by atoms with Crippen LogP contribution >= 0.6 is 0 Å². The van der Waals surface area contributed by atoms with Gasteiger partial charge in [-0.3, -0.25) is 9.69 Å². The van der Waals surface area contributed by atoms with Crippen LogP contribution in [0.1, 0.15) is 32.6 Å². The molecule has 1 N–H and O–H groups in total. The van der Waals surface area contributed by atoms with Crippen LogP contribution < -0.4 is 10.1 Å². The molecule has 0 unspecified atom stereocenters. The Hall–Kier alpha value is -4.53. The van der Waals surface area contributed by atoms with Crippen LogP contribution in [0.5, 0.6) is 11.6 Å². The lowest BCUT2D eigenvalue weighted by atomic mass is 10.1. The molecule has 0 bridgehead atoms. The molecule has 43 heavy (non-hydrogen) atoms. The van der Waals surface area contributed by atoms with E-state index in [2.05, 4.69) is 48.1 Å².